The van der Waals surface area contributed by atoms with E-state index in [4.69, 9.17) is 4.42 Å². The molecule has 1 rings (SSSR count). The van der Waals surface area contributed by atoms with Crippen LogP contribution in [0.3, 0.4) is 0 Å². The third-order valence-electron chi connectivity index (χ3n) is 3.51. The van der Waals surface area contributed by atoms with Crippen LogP contribution in [-0.2, 0) is 12.0 Å². The van der Waals surface area contributed by atoms with Gasteiger partial charge in [0.2, 0.25) is 5.89 Å². The molecule has 0 spiro atoms. The van der Waals surface area contributed by atoms with Gasteiger partial charge in [0.25, 0.3) is 0 Å². The molecule has 0 aliphatic carbocycles. The number of aliphatic imine (C=N–C) groups is 1. The van der Waals surface area contributed by atoms with Crippen molar-refractivity contribution in [2.24, 2.45) is 10.9 Å². The Kier molecular flexibility index (Phi) is 11.3. The third-order valence-corrected chi connectivity index (χ3v) is 3.51. The second kappa shape index (κ2) is 11.7. The Hall–Kier alpha value is -0.790. The lowest BCUT2D eigenvalue weighted by Gasteiger charge is -2.13. The van der Waals surface area contributed by atoms with Crippen molar-refractivity contribution < 1.29 is 4.42 Å². The van der Waals surface area contributed by atoms with Crippen molar-refractivity contribution in [1.82, 2.24) is 15.6 Å². The molecular weight excluding hydrogens is 415 g/mol. The average molecular weight is 450 g/mol. The average Bonchev–Trinajstić information content (AvgIpc) is 2.93. The Labute approximate surface area is 164 Å². The van der Waals surface area contributed by atoms with E-state index in [1.807, 2.05) is 0 Å². The molecule has 5 nitrogen and oxygen atoms in total. The summed E-state index contributed by atoms with van der Waals surface area (Å²) >= 11 is 0. The summed E-state index contributed by atoms with van der Waals surface area (Å²) in [5.74, 6) is 3.16. The minimum absolute atomic E-state index is 0. The molecule has 0 radical (unpaired) electrons. The van der Waals surface area contributed by atoms with E-state index in [-0.39, 0.29) is 29.4 Å². The van der Waals surface area contributed by atoms with Crippen molar-refractivity contribution in [3.63, 3.8) is 0 Å². The number of nitrogens with one attached hydrogen (secondary N) is 2. The highest BCUT2D eigenvalue weighted by Gasteiger charge is 2.18. The number of rotatable bonds is 8. The highest BCUT2D eigenvalue weighted by Crippen LogP contribution is 2.22. The number of halogens is 1. The highest BCUT2D eigenvalue weighted by atomic mass is 127. The van der Waals surface area contributed by atoms with Gasteiger partial charge in [-0.2, -0.15) is 0 Å². The van der Waals surface area contributed by atoms with Crippen LogP contribution in [0.15, 0.2) is 15.6 Å². The summed E-state index contributed by atoms with van der Waals surface area (Å²) in [5, 5.41) is 6.63. The maximum Gasteiger partial charge on any atom is 0.216 e. The summed E-state index contributed by atoms with van der Waals surface area (Å²) in [6, 6.07) is 0. The molecule has 2 N–H and O–H groups in total. The van der Waals surface area contributed by atoms with Gasteiger partial charge in [0.15, 0.2) is 5.96 Å². The molecule has 0 aliphatic heterocycles. The zero-order valence-electron chi connectivity index (χ0n) is 16.1. The van der Waals surface area contributed by atoms with Gasteiger partial charge in [-0.25, -0.2) is 9.98 Å². The van der Waals surface area contributed by atoms with E-state index in [0.717, 1.165) is 37.1 Å². The Balaban J connectivity index is 0.00000529. The minimum atomic E-state index is -0.0197. The summed E-state index contributed by atoms with van der Waals surface area (Å²) in [6.45, 7) is 15.2. The van der Waals surface area contributed by atoms with Crippen LogP contribution in [-0.4, -0.2) is 24.0 Å². The SMILES string of the molecule is CCNC(=NCc1ncc(C(C)(C)C)o1)NCCCCC(C)C.I. The van der Waals surface area contributed by atoms with Crippen LogP contribution in [0.1, 0.15) is 72.5 Å². The lowest BCUT2D eigenvalue weighted by Crippen LogP contribution is -2.37. The van der Waals surface area contributed by atoms with Crippen molar-refractivity contribution in [3.05, 3.63) is 17.8 Å². The van der Waals surface area contributed by atoms with Gasteiger partial charge in [-0.1, -0.05) is 47.5 Å². The first-order valence-corrected chi connectivity index (χ1v) is 8.80. The Morgan fingerprint density at radius 1 is 1.25 bits per heavy atom. The number of hydrogen-bond acceptors (Lipinski definition) is 3. The zero-order chi connectivity index (χ0) is 17.3. The smallest absolute Gasteiger partial charge is 0.216 e. The van der Waals surface area contributed by atoms with Crippen LogP contribution < -0.4 is 10.6 Å². The largest absolute Gasteiger partial charge is 0.443 e. The van der Waals surface area contributed by atoms with Gasteiger partial charge in [-0.15, -0.1) is 24.0 Å². The fraction of sp³-hybridized carbons (Fsp3) is 0.778. The van der Waals surface area contributed by atoms with Crippen LogP contribution in [0, 0.1) is 5.92 Å². The first kappa shape index (κ1) is 23.2. The van der Waals surface area contributed by atoms with Gasteiger partial charge in [-0.3, -0.25) is 0 Å². The topological polar surface area (TPSA) is 62.5 Å². The second-order valence-corrected chi connectivity index (χ2v) is 7.38. The van der Waals surface area contributed by atoms with E-state index >= 15 is 0 Å². The van der Waals surface area contributed by atoms with Crippen LogP contribution in [0.5, 0.6) is 0 Å². The van der Waals surface area contributed by atoms with Crippen molar-refractivity contribution in [3.8, 4) is 0 Å². The third kappa shape index (κ3) is 9.49. The standard InChI is InChI=1S/C18H34N4O.HI/c1-7-19-17(20-11-9-8-10-14(2)3)22-13-16-21-12-15(23-16)18(4,5)6;/h12,14H,7-11,13H2,1-6H3,(H2,19,20,22);1H. The van der Waals surface area contributed by atoms with E-state index in [9.17, 15) is 0 Å². The van der Waals surface area contributed by atoms with E-state index in [0.29, 0.717) is 12.4 Å². The summed E-state index contributed by atoms with van der Waals surface area (Å²) in [7, 11) is 0. The molecule has 0 fully saturated rings. The number of unbranched alkanes of at least 4 members (excludes halogenated alkanes) is 1. The fourth-order valence-electron chi connectivity index (χ4n) is 2.10. The second-order valence-electron chi connectivity index (χ2n) is 7.38. The quantitative estimate of drug-likeness (QED) is 0.266. The molecule has 6 heteroatoms. The normalized spacial score (nSPS) is 12.2. The summed E-state index contributed by atoms with van der Waals surface area (Å²) in [4.78, 5) is 8.86. The molecule has 1 aromatic rings. The highest BCUT2D eigenvalue weighted by molar-refractivity contribution is 14.0. The minimum Gasteiger partial charge on any atom is -0.443 e. The van der Waals surface area contributed by atoms with Crippen LogP contribution in [0.25, 0.3) is 0 Å². The van der Waals surface area contributed by atoms with Gasteiger partial charge in [-0.05, 0) is 19.3 Å². The van der Waals surface area contributed by atoms with E-state index < -0.39 is 0 Å². The Bertz CT molecular complexity index is 478. The first-order chi connectivity index (χ1) is 10.8. The van der Waals surface area contributed by atoms with Crippen LogP contribution in [0.4, 0.5) is 0 Å². The maximum absolute atomic E-state index is 5.77. The molecule has 24 heavy (non-hydrogen) atoms. The maximum atomic E-state index is 5.77. The van der Waals surface area contributed by atoms with Gasteiger partial charge in [0, 0.05) is 18.5 Å². The molecule has 0 saturated carbocycles. The summed E-state index contributed by atoms with van der Waals surface area (Å²) < 4.78 is 5.77. The molecule has 0 atom stereocenters. The van der Waals surface area contributed by atoms with Crippen molar-refractivity contribution >= 4 is 29.9 Å². The monoisotopic (exact) mass is 450 g/mol. The number of guanidine groups is 1. The number of aromatic nitrogens is 1. The predicted octanol–water partition coefficient (Wildman–Crippen LogP) is 4.47. The fourth-order valence-corrected chi connectivity index (χ4v) is 2.10. The lowest BCUT2D eigenvalue weighted by molar-refractivity contribution is 0.383. The first-order valence-electron chi connectivity index (χ1n) is 8.80. The van der Waals surface area contributed by atoms with Crippen molar-refractivity contribution in [2.75, 3.05) is 13.1 Å². The molecule has 0 aliphatic rings. The van der Waals surface area contributed by atoms with Crippen LogP contribution >= 0.6 is 24.0 Å². The molecule has 0 bridgehead atoms. The molecule has 1 heterocycles. The zero-order valence-corrected chi connectivity index (χ0v) is 18.4. The molecular formula is C18H35IN4O. The van der Waals surface area contributed by atoms with Crippen molar-refractivity contribution in [1.29, 1.82) is 0 Å². The molecule has 140 valence electrons. The van der Waals surface area contributed by atoms with E-state index in [2.05, 4.69) is 62.2 Å². The van der Waals surface area contributed by atoms with E-state index in [1.54, 1.807) is 6.20 Å². The Morgan fingerprint density at radius 3 is 2.50 bits per heavy atom. The molecule has 0 aromatic carbocycles. The van der Waals surface area contributed by atoms with Gasteiger partial charge < -0.3 is 15.1 Å². The molecule has 0 saturated heterocycles. The number of oxazole rings is 1. The predicted molar refractivity (Wildman–Crippen MR) is 112 cm³/mol. The molecule has 0 unspecified atom stereocenters. The van der Waals surface area contributed by atoms with Crippen LogP contribution in [0.2, 0.25) is 0 Å². The Morgan fingerprint density at radius 2 is 1.96 bits per heavy atom. The van der Waals surface area contributed by atoms with Gasteiger partial charge in [0.05, 0.1) is 6.20 Å². The summed E-state index contributed by atoms with van der Waals surface area (Å²) in [6.07, 6.45) is 5.49. The lowest BCUT2D eigenvalue weighted by atomic mass is 9.94. The van der Waals surface area contributed by atoms with Gasteiger partial charge >= 0.3 is 0 Å². The summed E-state index contributed by atoms with van der Waals surface area (Å²) in [5.41, 5.74) is -0.0197. The number of hydrogen-bond donors (Lipinski definition) is 2. The number of nitrogens with zero attached hydrogens (tertiary/aromatic N) is 2. The van der Waals surface area contributed by atoms with Crippen molar-refractivity contribution in [2.45, 2.75) is 72.8 Å². The van der Waals surface area contributed by atoms with Gasteiger partial charge in [0.1, 0.15) is 12.3 Å². The molecule has 0 amide bonds. The molecule has 1 aromatic heterocycles. The van der Waals surface area contributed by atoms with E-state index in [1.165, 1.54) is 12.8 Å².